The van der Waals surface area contributed by atoms with Gasteiger partial charge in [-0.3, -0.25) is 4.79 Å². The molecule has 0 aromatic heterocycles. The molecule has 4 heteroatoms. The summed E-state index contributed by atoms with van der Waals surface area (Å²) < 4.78 is 0. The smallest absolute Gasteiger partial charge is 0.221 e. The summed E-state index contributed by atoms with van der Waals surface area (Å²) in [5.41, 5.74) is 1.21. The lowest BCUT2D eigenvalue weighted by Crippen LogP contribution is -2.29. The van der Waals surface area contributed by atoms with Crippen LogP contribution in [-0.2, 0) is 4.79 Å². The van der Waals surface area contributed by atoms with Crippen LogP contribution in [0.1, 0.15) is 12.8 Å². The number of hydrogen-bond donors (Lipinski definition) is 2. The first-order chi connectivity index (χ1) is 8.74. The summed E-state index contributed by atoms with van der Waals surface area (Å²) in [5, 5.41) is 5.88. The van der Waals surface area contributed by atoms with Crippen molar-refractivity contribution in [1.29, 1.82) is 0 Å². The fraction of sp³-hybridized carbons (Fsp3) is 0.500. The van der Waals surface area contributed by atoms with Crippen molar-refractivity contribution >= 4 is 11.6 Å². The van der Waals surface area contributed by atoms with E-state index in [-0.39, 0.29) is 5.91 Å². The number of rotatable bonds is 8. The van der Waals surface area contributed by atoms with Crippen molar-refractivity contribution in [2.75, 3.05) is 38.6 Å². The Bertz CT molecular complexity index is 340. The van der Waals surface area contributed by atoms with Crippen LogP contribution in [0.15, 0.2) is 30.3 Å². The van der Waals surface area contributed by atoms with Crippen LogP contribution in [0, 0.1) is 0 Å². The van der Waals surface area contributed by atoms with E-state index in [0.717, 1.165) is 26.1 Å². The monoisotopic (exact) mass is 249 g/mol. The van der Waals surface area contributed by atoms with Gasteiger partial charge in [0.05, 0.1) is 0 Å². The van der Waals surface area contributed by atoms with Gasteiger partial charge in [0.15, 0.2) is 0 Å². The van der Waals surface area contributed by atoms with Crippen molar-refractivity contribution in [3.8, 4) is 0 Å². The number of para-hydroxylation sites is 1. The summed E-state index contributed by atoms with van der Waals surface area (Å²) in [6, 6.07) is 10.3. The van der Waals surface area contributed by atoms with Gasteiger partial charge in [-0.25, -0.2) is 0 Å². The van der Waals surface area contributed by atoms with Crippen LogP contribution in [-0.4, -0.2) is 39.6 Å². The Morgan fingerprint density at radius 1 is 1.22 bits per heavy atom. The quantitative estimate of drug-likeness (QED) is 0.681. The lowest BCUT2D eigenvalue weighted by Gasteiger charge is -2.19. The summed E-state index contributed by atoms with van der Waals surface area (Å²) in [4.78, 5) is 13.5. The molecule has 0 fully saturated rings. The summed E-state index contributed by atoms with van der Waals surface area (Å²) >= 11 is 0. The van der Waals surface area contributed by atoms with Crippen LogP contribution in [0.4, 0.5) is 5.69 Å². The molecule has 0 aliphatic heterocycles. The van der Waals surface area contributed by atoms with Gasteiger partial charge in [0.2, 0.25) is 5.91 Å². The van der Waals surface area contributed by atoms with Crippen LogP contribution in [0.25, 0.3) is 0 Å². The second-order valence-electron chi connectivity index (χ2n) is 4.31. The van der Waals surface area contributed by atoms with E-state index >= 15 is 0 Å². The second-order valence-corrected chi connectivity index (χ2v) is 4.31. The van der Waals surface area contributed by atoms with E-state index in [2.05, 4.69) is 34.7 Å². The minimum Gasteiger partial charge on any atom is -0.375 e. The molecule has 0 radical (unpaired) electrons. The van der Waals surface area contributed by atoms with E-state index in [1.807, 2.05) is 25.2 Å². The summed E-state index contributed by atoms with van der Waals surface area (Å²) in [6.45, 7) is 2.41. The van der Waals surface area contributed by atoms with Gasteiger partial charge in [0.25, 0.3) is 0 Å². The summed E-state index contributed by atoms with van der Waals surface area (Å²) in [6.07, 6.45) is 1.50. The topological polar surface area (TPSA) is 44.4 Å². The maximum absolute atomic E-state index is 11.4. The number of nitrogens with zero attached hydrogens (tertiary/aromatic N) is 1. The molecule has 1 rings (SSSR count). The number of anilines is 1. The van der Waals surface area contributed by atoms with Gasteiger partial charge in [0, 0.05) is 38.8 Å². The molecule has 0 aliphatic rings. The van der Waals surface area contributed by atoms with Gasteiger partial charge in [-0.05, 0) is 25.6 Å². The summed E-state index contributed by atoms with van der Waals surface area (Å²) in [5.74, 6) is 0.117. The first kappa shape index (κ1) is 14.5. The van der Waals surface area contributed by atoms with Gasteiger partial charge in [-0.2, -0.15) is 0 Å². The highest BCUT2D eigenvalue weighted by Gasteiger charge is 2.01. The van der Waals surface area contributed by atoms with E-state index in [0.29, 0.717) is 6.42 Å². The highest BCUT2D eigenvalue weighted by molar-refractivity contribution is 5.75. The number of nitrogens with one attached hydrogen (secondary N) is 2. The third-order valence-electron chi connectivity index (χ3n) is 2.79. The summed E-state index contributed by atoms with van der Waals surface area (Å²) in [7, 11) is 3.92. The van der Waals surface area contributed by atoms with Crippen LogP contribution >= 0.6 is 0 Å². The number of amides is 1. The minimum absolute atomic E-state index is 0.117. The molecule has 1 amide bonds. The average Bonchev–Trinajstić information content (AvgIpc) is 2.42. The van der Waals surface area contributed by atoms with E-state index in [4.69, 9.17) is 0 Å². The maximum atomic E-state index is 11.4. The van der Waals surface area contributed by atoms with Crippen molar-refractivity contribution in [1.82, 2.24) is 10.6 Å². The molecule has 0 bridgehead atoms. The molecular weight excluding hydrogens is 226 g/mol. The molecule has 0 atom stereocenters. The third-order valence-corrected chi connectivity index (χ3v) is 2.79. The number of carbonyl (C=O) groups excluding carboxylic acids is 1. The van der Waals surface area contributed by atoms with Gasteiger partial charge in [-0.1, -0.05) is 18.2 Å². The number of benzene rings is 1. The van der Waals surface area contributed by atoms with Crippen molar-refractivity contribution in [2.24, 2.45) is 0 Å². The van der Waals surface area contributed by atoms with Crippen molar-refractivity contribution in [3.05, 3.63) is 30.3 Å². The molecule has 1 aromatic carbocycles. The molecule has 4 nitrogen and oxygen atoms in total. The Balaban J connectivity index is 2.13. The third kappa shape index (κ3) is 5.68. The number of carbonyl (C=O) groups is 1. The lowest BCUT2D eigenvalue weighted by atomic mass is 10.3. The molecule has 0 unspecified atom stereocenters. The zero-order valence-corrected chi connectivity index (χ0v) is 11.3. The molecule has 0 saturated heterocycles. The lowest BCUT2D eigenvalue weighted by molar-refractivity contribution is -0.120. The van der Waals surface area contributed by atoms with Crippen LogP contribution in [0.3, 0.4) is 0 Å². The van der Waals surface area contributed by atoms with Crippen molar-refractivity contribution in [3.63, 3.8) is 0 Å². The van der Waals surface area contributed by atoms with E-state index < -0.39 is 0 Å². The Labute approximate surface area is 109 Å². The molecule has 2 N–H and O–H groups in total. The first-order valence-electron chi connectivity index (χ1n) is 6.41. The van der Waals surface area contributed by atoms with Gasteiger partial charge in [-0.15, -0.1) is 0 Å². The molecule has 0 aliphatic carbocycles. The molecule has 1 aromatic rings. The first-order valence-corrected chi connectivity index (χ1v) is 6.41. The van der Waals surface area contributed by atoms with Crippen LogP contribution < -0.4 is 15.5 Å². The van der Waals surface area contributed by atoms with Gasteiger partial charge >= 0.3 is 0 Å². The molecule has 0 spiro atoms. The Kier molecular flexibility index (Phi) is 6.87. The second kappa shape index (κ2) is 8.53. The molecule has 0 saturated carbocycles. The molecule has 100 valence electrons. The average molecular weight is 249 g/mol. The SMILES string of the molecule is CNCCC(=O)NCCCN(C)c1ccccc1. The normalized spacial score (nSPS) is 10.1. The van der Waals surface area contributed by atoms with Crippen LogP contribution in [0.5, 0.6) is 0 Å². The van der Waals surface area contributed by atoms with Crippen LogP contribution in [0.2, 0.25) is 0 Å². The highest BCUT2D eigenvalue weighted by atomic mass is 16.1. The predicted molar refractivity (Wildman–Crippen MR) is 75.9 cm³/mol. The molecule has 0 heterocycles. The van der Waals surface area contributed by atoms with Gasteiger partial charge < -0.3 is 15.5 Å². The van der Waals surface area contributed by atoms with E-state index in [1.165, 1.54) is 5.69 Å². The van der Waals surface area contributed by atoms with Gasteiger partial charge in [0.1, 0.15) is 0 Å². The standard InChI is InChI=1S/C14H23N3O/c1-15-11-9-14(18)16-10-6-12-17(2)13-7-4-3-5-8-13/h3-5,7-8,15H,6,9-12H2,1-2H3,(H,16,18). The Morgan fingerprint density at radius 3 is 2.61 bits per heavy atom. The molecule has 18 heavy (non-hydrogen) atoms. The Morgan fingerprint density at radius 2 is 1.94 bits per heavy atom. The molecular formula is C14H23N3O. The maximum Gasteiger partial charge on any atom is 0.221 e. The Hall–Kier alpha value is -1.55. The number of hydrogen-bond acceptors (Lipinski definition) is 3. The zero-order chi connectivity index (χ0) is 13.2. The fourth-order valence-corrected chi connectivity index (χ4v) is 1.68. The van der Waals surface area contributed by atoms with Crippen molar-refractivity contribution in [2.45, 2.75) is 12.8 Å². The fourth-order valence-electron chi connectivity index (χ4n) is 1.68. The minimum atomic E-state index is 0.117. The highest BCUT2D eigenvalue weighted by Crippen LogP contribution is 2.10. The largest absolute Gasteiger partial charge is 0.375 e. The predicted octanol–water partition coefficient (Wildman–Crippen LogP) is 1.24. The van der Waals surface area contributed by atoms with E-state index in [9.17, 15) is 4.79 Å². The van der Waals surface area contributed by atoms with Crippen molar-refractivity contribution < 1.29 is 4.79 Å². The van der Waals surface area contributed by atoms with E-state index in [1.54, 1.807) is 0 Å². The zero-order valence-electron chi connectivity index (χ0n) is 11.3.